The lowest BCUT2D eigenvalue weighted by atomic mass is 10.2. The van der Waals surface area contributed by atoms with Crippen molar-refractivity contribution in [3.8, 4) is 0 Å². The zero-order valence-corrected chi connectivity index (χ0v) is 11.3. The minimum absolute atomic E-state index is 0.219. The molecule has 1 aliphatic rings. The van der Waals surface area contributed by atoms with Gasteiger partial charge in [-0.3, -0.25) is 18.9 Å². The smallest absolute Gasteiger partial charge is 0.444 e. The Labute approximate surface area is 100 Å². The van der Waals surface area contributed by atoms with Gasteiger partial charge in [0.2, 0.25) is 0 Å². The van der Waals surface area contributed by atoms with Crippen LogP contribution in [0.3, 0.4) is 0 Å². The Morgan fingerprint density at radius 1 is 1.35 bits per heavy atom. The van der Waals surface area contributed by atoms with E-state index in [1.165, 1.54) is 6.92 Å². The van der Waals surface area contributed by atoms with Gasteiger partial charge in [0.25, 0.3) is 0 Å². The van der Waals surface area contributed by atoms with E-state index in [1.807, 2.05) is 0 Å². The summed E-state index contributed by atoms with van der Waals surface area (Å²) in [6, 6.07) is 0. The largest absolute Gasteiger partial charge is 0.476 e. The third-order valence-electron chi connectivity index (χ3n) is 1.59. The van der Waals surface area contributed by atoms with E-state index in [9.17, 15) is 9.36 Å². The Morgan fingerprint density at radius 3 is 2.35 bits per heavy atom. The standard InChI is InChI=1S/C9H18NO6P/c1-7(10-8(11)15-9(2,3)4)16-17(12)13-5-6-14-17/h7H,5-6H2,1-4H3,(H,10,11). The van der Waals surface area contributed by atoms with Crippen molar-refractivity contribution in [2.24, 2.45) is 0 Å². The molecule has 0 aromatic heterocycles. The third kappa shape index (κ3) is 5.50. The Morgan fingerprint density at radius 2 is 1.88 bits per heavy atom. The first-order chi connectivity index (χ1) is 7.70. The number of phosphoric ester groups is 1. The van der Waals surface area contributed by atoms with Gasteiger partial charge in [-0.05, 0) is 27.7 Å². The predicted octanol–water partition coefficient (Wildman–Crippen LogP) is 2.03. The molecule has 0 aromatic carbocycles. The first-order valence-electron chi connectivity index (χ1n) is 5.27. The van der Waals surface area contributed by atoms with E-state index in [2.05, 4.69) is 5.32 Å². The van der Waals surface area contributed by atoms with Gasteiger partial charge in [0.05, 0.1) is 13.2 Å². The van der Waals surface area contributed by atoms with Gasteiger partial charge >= 0.3 is 13.9 Å². The summed E-state index contributed by atoms with van der Waals surface area (Å²) in [5.41, 5.74) is -0.603. The average molecular weight is 267 g/mol. The summed E-state index contributed by atoms with van der Waals surface area (Å²) in [7, 11) is -3.50. The molecular formula is C9H18NO6P. The van der Waals surface area contributed by atoms with Crippen LogP contribution in [0, 0.1) is 0 Å². The second-order valence-electron chi connectivity index (χ2n) is 4.51. The minimum Gasteiger partial charge on any atom is -0.444 e. The Balaban J connectivity index is 2.36. The molecule has 1 fully saturated rings. The molecule has 1 atom stereocenters. The number of rotatable bonds is 3. The van der Waals surface area contributed by atoms with Gasteiger partial charge < -0.3 is 4.74 Å². The topological polar surface area (TPSA) is 83.1 Å². The molecule has 1 N–H and O–H groups in total. The highest BCUT2D eigenvalue weighted by molar-refractivity contribution is 7.48. The lowest BCUT2D eigenvalue weighted by Gasteiger charge is -2.22. The van der Waals surface area contributed by atoms with Crippen LogP contribution < -0.4 is 5.32 Å². The van der Waals surface area contributed by atoms with Crippen LogP contribution in [0.1, 0.15) is 27.7 Å². The van der Waals surface area contributed by atoms with Gasteiger partial charge in [0.15, 0.2) is 0 Å². The van der Waals surface area contributed by atoms with Crippen molar-refractivity contribution in [1.29, 1.82) is 0 Å². The molecule has 1 saturated heterocycles. The van der Waals surface area contributed by atoms with Crippen LogP contribution in [0.4, 0.5) is 4.79 Å². The minimum atomic E-state index is -3.50. The molecule has 17 heavy (non-hydrogen) atoms. The van der Waals surface area contributed by atoms with E-state index in [1.54, 1.807) is 20.8 Å². The van der Waals surface area contributed by atoms with Crippen LogP contribution in [-0.2, 0) is 22.9 Å². The van der Waals surface area contributed by atoms with Crippen LogP contribution in [0.5, 0.6) is 0 Å². The monoisotopic (exact) mass is 267 g/mol. The molecule has 0 aromatic rings. The van der Waals surface area contributed by atoms with Crippen molar-refractivity contribution >= 4 is 13.9 Å². The number of amides is 1. The van der Waals surface area contributed by atoms with Gasteiger partial charge in [-0.25, -0.2) is 9.36 Å². The van der Waals surface area contributed by atoms with Crippen LogP contribution >= 0.6 is 7.82 Å². The number of phosphoric acid groups is 1. The maximum Gasteiger partial charge on any atom is 0.476 e. The van der Waals surface area contributed by atoms with Crippen LogP contribution in [0.15, 0.2) is 0 Å². The highest BCUT2D eigenvalue weighted by Crippen LogP contribution is 2.53. The molecular weight excluding hydrogens is 249 g/mol. The summed E-state index contributed by atoms with van der Waals surface area (Å²) in [4.78, 5) is 11.4. The number of alkyl carbamates (subject to hydrolysis) is 1. The SMILES string of the molecule is CC(NC(=O)OC(C)(C)C)OP1(=O)OCCO1. The highest BCUT2D eigenvalue weighted by atomic mass is 31.2. The molecule has 7 nitrogen and oxygen atoms in total. The van der Waals surface area contributed by atoms with Crippen molar-refractivity contribution in [1.82, 2.24) is 5.32 Å². The van der Waals surface area contributed by atoms with Crippen molar-refractivity contribution in [2.45, 2.75) is 39.5 Å². The molecule has 0 spiro atoms. The zero-order valence-electron chi connectivity index (χ0n) is 10.4. The normalized spacial score (nSPS) is 20.9. The quantitative estimate of drug-likeness (QED) is 0.622. The third-order valence-corrected chi connectivity index (χ3v) is 3.16. The molecule has 8 heteroatoms. The second kappa shape index (κ2) is 5.35. The first-order valence-corrected chi connectivity index (χ1v) is 6.73. The lowest BCUT2D eigenvalue weighted by Crippen LogP contribution is -2.38. The summed E-state index contributed by atoms with van der Waals surface area (Å²) in [6.45, 7) is 7.16. The molecule has 1 amide bonds. The van der Waals surface area contributed by atoms with Crippen LogP contribution in [0.25, 0.3) is 0 Å². The molecule has 1 aliphatic heterocycles. The number of hydrogen-bond donors (Lipinski definition) is 1. The maximum absolute atomic E-state index is 11.6. The van der Waals surface area contributed by atoms with E-state index in [0.29, 0.717) is 0 Å². The maximum atomic E-state index is 11.6. The second-order valence-corrected chi connectivity index (χ2v) is 6.13. The van der Waals surface area contributed by atoms with E-state index in [-0.39, 0.29) is 13.2 Å². The number of hydrogen-bond acceptors (Lipinski definition) is 6. The molecule has 1 rings (SSSR count). The Bertz CT molecular complexity index is 316. The van der Waals surface area contributed by atoms with Crippen LogP contribution in [-0.4, -0.2) is 31.1 Å². The average Bonchev–Trinajstić information content (AvgIpc) is 2.46. The van der Waals surface area contributed by atoms with Crippen LogP contribution in [0.2, 0.25) is 0 Å². The highest BCUT2D eigenvalue weighted by Gasteiger charge is 2.34. The summed E-state index contributed by atoms with van der Waals surface area (Å²) in [5.74, 6) is 0. The Hall–Kier alpha value is -0.620. The van der Waals surface area contributed by atoms with Crippen molar-refractivity contribution in [2.75, 3.05) is 13.2 Å². The molecule has 1 heterocycles. The Kier molecular flexibility index (Phi) is 4.55. The summed E-state index contributed by atoms with van der Waals surface area (Å²) >= 11 is 0. The molecule has 0 aliphatic carbocycles. The van der Waals surface area contributed by atoms with E-state index < -0.39 is 25.7 Å². The summed E-state index contributed by atoms with van der Waals surface area (Å²) < 4.78 is 31.2. The van der Waals surface area contributed by atoms with Gasteiger partial charge in [-0.15, -0.1) is 0 Å². The molecule has 0 radical (unpaired) electrons. The molecule has 0 bridgehead atoms. The number of nitrogens with one attached hydrogen (secondary N) is 1. The van der Waals surface area contributed by atoms with Gasteiger partial charge in [0.1, 0.15) is 11.8 Å². The van der Waals surface area contributed by atoms with Crippen molar-refractivity contribution < 1.29 is 27.7 Å². The fourth-order valence-corrected chi connectivity index (χ4v) is 2.32. The number of carbonyl (C=O) groups excluding carboxylic acids is 1. The predicted molar refractivity (Wildman–Crippen MR) is 59.4 cm³/mol. The molecule has 1 unspecified atom stereocenters. The fraction of sp³-hybridized carbons (Fsp3) is 0.889. The van der Waals surface area contributed by atoms with Gasteiger partial charge in [-0.1, -0.05) is 0 Å². The summed E-state index contributed by atoms with van der Waals surface area (Å²) in [6.07, 6.45) is -1.48. The summed E-state index contributed by atoms with van der Waals surface area (Å²) in [5, 5.41) is 2.37. The number of ether oxygens (including phenoxy) is 1. The van der Waals surface area contributed by atoms with E-state index in [4.69, 9.17) is 18.3 Å². The van der Waals surface area contributed by atoms with Crippen molar-refractivity contribution in [3.63, 3.8) is 0 Å². The van der Waals surface area contributed by atoms with E-state index in [0.717, 1.165) is 0 Å². The molecule has 100 valence electrons. The van der Waals surface area contributed by atoms with Gasteiger partial charge in [-0.2, -0.15) is 0 Å². The van der Waals surface area contributed by atoms with E-state index >= 15 is 0 Å². The zero-order chi connectivity index (χ0) is 13.1. The van der Waals surface area contributed by atoms with Gasteiger partial charge in [0, 0.05) is 0 Å². The number of carbonyl (C=O) groups is 1. The first kappa shape index (κ1) is 14.4. The fourth-order valence-electron chi connectivity index (χ4n) is 1.09. The lowest BCUT2D eigenvalue weighted by molar-refractivity contribution is 0.0377. The van der Waals surface area contributed by atoms with Crippen molar-refractivity contribution in [3.05, 3.63) is 0 Å². The molecule has 0 saturated carbocycles.